The fourth-order valence-electron chi connectivity index (χ4n) is 3.63. The van der Waals surface area contributed by atoms with E-state index in [1.807, 2.05) is 65.1 Å². The molecule has 0 aliphatic heterocycles. The van der Waals surface area contributed by atoms with Gasteiger partial charge in [-0.25, -0.2) is 4.98 Å². The molecule has 0 fully saturated rings. The lowest BCUT2D eigenvalue weighted by Crippen LogP contribution is -2.17. The summed E-state index contributed by atoms with van der Waals surface area (Å²) in [6, 6.07) is 9.59. The molecular formula is C21H23N7O. The van der Waals surface area contributed by atoms with Crippen molar-refractivity contribution in [2.75, 3.05) is 5.32 Å². The minimum Gasteiger partial charge on any atom is -0.307 e. The second kappa shape index (κ2) is 7.12. The van der Waals surface area contributed by atoms with Crippen LogP contribution >= 0.6 is 0 Å². The van der Waals surface area contributed by atoms with Crippen LogP contribution in [0, 0.1) is 27.7 Å². The number of hydrogen-bond acceptors (Lipinski definition) is 5. The largest absolute Gasteiger partial charge is 0.307 e. The number of fused-ring (bicyclic) bond motifs is 1. The van der Waals surface area contributed by atoms with E-state index >= 15 is 0 Å². The van der Waals surface area contributed by atoms with Crippen LogP contribution in [0.5, 0.6) is 0 Å². The highest BCUT2D eigenvalue weighted by molar-refractivity contribution is 5.93. The van der Waals surface area contributed by atoms with E-state index in [1.54, 1.807) is 4.68 Å². The number of aromatic nitrogens is 6. The quantitative estimate of drug-likeness (QED) is 0.579. The number of aryl methyl sites for hydroxylation is 5. The number of pyridine rings is 1. The fourth-order valence-corrected chi connectivity index (χ4v) is 3.63. The summed E-state index contributed by atoms with van der Waals surface area (Å²) < 4.78 is 1.78. The molecule has 8 nitrogen and oxygen atoms in total. The van der Waals surface area contributed by atoms with Crippen molar-refractivity contribution in [3.05, 3.63) is 58.5 Å². The molecule has 3 aromatic heterocycles. The number of benzene rings is 1. The third-order valence-electron chi connectivity index (χ3n) is 5.09. The molecule has 1 aromatic carbocycles. The molecule has 29 heavy (non-hydrogen) atoms. The van der Waals surface area contributed by atoms with E-state index in [-0.39, 0.29) is 12.3 Å². The highest BCUT2D eigenvalue weighted by atomic mass is 16.1. The average Bonchev–Trinajstić information content (AvgIpc) is 3.18. The Morgan fingerprint density at radius 3 is 2.41 bits per heavy atom. The first-order valence-electron chi connectivity index (χ1n) is 9.43. The molecule has 0 aliphatic rings. The summed E-state index contributed by atoms with van der Waals surface area (Å²) in [7, 11) is 1.88. The topological polar surface area (TPSA) is 90.5 Å². The van der Waals surface area contributed by atoms with Crippen molar-refractivity contribution < 1.29 is 4.79 Å². The van der Waals surface area contributed by atoms with E-state index < -0.39 is 0 Å². The first-order chi connectivity index (χ1) is 13.8. The van der Waals surface area contributed by atoms with E-state index in [2.05, 4.69) is 25.6 Å². The molecular weight excluding hydrogens is 366 g/mol. The molecule has 0 bridgehead atoms. The Bertz CT molecular complexity index is 1220. The summed E-state index contributed by atoms with van der Waals surface area (Å²) in [6.45, 7) is 7.73. The number of carbonyl (C=O) groups is 1. The Balaban J connectivity index is 1.60. The molecule has 148 valence electrons. The normalized spacial score (nSPS) is 11.2. The Labute approximate surface area is 168 Å². The van der Waals surface area contributed by atoms with Gasteiger partial charge in [-0.2, -0.15) is 10.2 Å². The van der Waals surface area contributed by atoms with Crippen molar-refractivity contribution in [1.29, 1.82) is 0 Å². The maximum atomic E-state index is 12.8. The third kappa shape index (κ3) is 3.37. The first-order valence-corrected chi connectivity index (χ1v) is 9.43. The number of para-hydroxylation sites is 1. The monoisotopic (exact) mass is 389 g/mol. The van der Waals surface area contributed by atoms with Crippen LogP contribution in [-0.4, -0.2) is 35.7 Å². The summed E-state index contributed by atoms with van der Waals surface area (Å²) in [5.74, 6) is 0.308. The highest BCUT2D eigenvalue weighted by Gasteiger charge is 2.19. The summed E-state index contributed by atoms with van der Waals surface area (Å²) in [5.41, 5.74) is 6.03. The molecule has 0 spiro atoms. The smallest absolute Gasteiger partial charge is 0.230 e. The number of carbonyl (C=O) groups excluding carboxylic acids is 1. The Kier molecular flexibility index (Phi) is 4.62. The zero-order valence-electron chi connectivity index (χ0n) is 17.2. The maximum Gasteiger partial charge on any atom is 0.230 e. The van der Waals surface area contributed by atoms with Crippen molar-refractivity contribution in [3.63, 3.8) is 0 Å². The van der Waals surface area contributed by atoms with Crippen LogP contribution in [0.2, 0.25) is 0 Å². The minimum atomic E-state index is -0.151. The average molecular weight is 389 g/mol. The first kappa shape index (κ1) is 18.8. The van der Waals surface area contributed by atoms with Gasteiger partial charge in [0.25, 0.3) is 0 Å². The van der Waals surface area contributed by atoms with Gasteiger partial charge in [0.15, 0.2) is 11.5 Å². The molecule has 0 unspecified atom stereocenters. The molecule has 4 rings (SSSR count). The molecule has 1 N–H and O–H groups in total. The molecule has 0 saturated heterocycles. The molecule has 4 aromatic rings. The zero-order valence-corrected chi connectivity index (χ0v) is 17.2. The predicted octanol–water partition coefficient (Wildman–Crippen LogP) is 2.96. The highest BCUT2D eigenvalue weighted by Crippen LogP contribution is 2.25. The van der Waals surface area contributed by atoms with Gasteiger partial charge in [-0.15, -0.1) is 9.90 Å². The second-order valence-electron chi connectivity index (χ2n) is 7.19. The fraction of sp³-hybridized carbons (Fsp3) is 0.286. The lowest BCUT2D eigenvalue weighted by Gasteiger charge is -2.11. The van der Waals surface area contributed by atoms with Crippen molar-refractivity contribution in [1.82, 2.24) is 29.8 Å². The molecule has 0 aliphatic carbocycles. The van der Waals surface area contributed by atoms with E-state index in [9.17, 15) is 4.79 Å². The van der Waals surface area contributed by atoms with Gasteiger partial charge in [-0.1, -0.05) is 18.2 Å². The van der Waals surface area contributed by atoms with Gasteiger partial charge < -0.3 is 5.32 Å². The van der Waals surface area contributed by atoms with Gasteiger partial charge in [0, 0.05) is 18.1 Å². The summed E-state index contributed by atoms with van der Waals surface area (Å²) in [4.78, 5) is 19.0. The second-order valence-corrected chi connectivity index (χ2v) is 7.19. The Morgan fingerprint density at radius 1 is 0.966 bits per heavy atom. The number of nitrogens with zero attached hydrogens (tertiary/aromatic N) is 6. The Hall–Kier alpha value is -3.55. The van der Waals surface area contributed by atoms with E-state index in [1.165, 1.54) is 4.80 Å². The van der Waals surface area contributed by atoms with E-state index in [0.29, 0.717) is 11.5 Å². The van der Waals surface area contributed by atoms with Crippen molar-refractivity contribution in [3.8, 4) is 5.69 Å². The Morgan fingerprint density at radius 2 is 1.69 bits per heavy atom. The lowest BCUT2D eigenvalue weighted by molar-refractivity contribution is -0.115. The van der Waals surface area contributed by atoms with Crippen molar-refractivity contribution in [2.45, 2.75) is 34.1 Å². The minimum absolute atomic E-state index is 0.151. The lowest BCUT2D eigenvalue weighted by atomic mass is 10.0. The van der Waals surface area contributed by atoms with Crippen LogP contribution in [0.15, 0.2) is 30.3 Å². The van der Waals surface area contributed by atoms with E-state index in [4.69, 9.17) is 0 Å². The number of amides is 1. The van der Waals surface area contributed by atoms with Gasteiger partial charge in [0.1, 0.15) is 5.69 Å². The standard InChI is InChI=1S/C21H23N7O/c1-12-17(13(2)22-21-19(12)14(3)24-27(21)5)11-18(29)23-20-15(4)25-28(26-20)16-9-7-6-8-10-16/h6-10H,11H2,1-5H3,(H,23,26,29). The van der Waals surface area contributed by atoms with Gasteiger partial charge >= 0.3 is 0 Å². The summed E-state index contributed by atoms with van der Waals surface area (Å²) in [5, 5.41) is 17.2. The molecule has 0 atom stereocenters. The van der Waals surface area contributed by atoms with Crippen LogP contribution in [0.4, 0.5) is 5.82 Å². The van der Waals surface area contributed by atoms with Gasteiger partial charge in [0.2, 0.25) is 5.91 Å². The molecule has 0 radical (unpaired) electrons. The van der Waals surface area contributed by atoms with Crippen molar-refractivity contribution >= 4 is 22.8 Å². The molecule has 3 heterocycles. The zero-order chi connectivity index (χ0) is 20.7. The van der Waals surface area contributed by atoms with Gasteiger partial charge in [0.05, 0.1) is 17.8 Å². The van der Waals surface area contributed by atoms with Crippen LogP contribution in [-0.2, 0) is 18.3 Å². The van der Waals surface area contributed by atoms with E-state index in [0.717, 1.165) is 39.2 Å². The molecule has 8 heteroatoms. The molecule has 1 amide bonds. The van der Waals surface area contributed by atoms with Crippen LogP contribution in [0.25, 0.3) is 16.7 Å². The summed E-state index contributed by atoms with van der Waals surface area (Å²) in [6.07, 6.45) is 0.215. The van der Waals surface area contributed by atoms with Crippen LogP contribution in [0.1, 0.15) is 28.2 Å². The van der Waals surface area contributed by atoms with Gasteiger partial charge in [-0.05, 0) is 51.0 Å². The molecule has 0 saturated carbocycles. The number of nitrogens with one attached hydrogen (secondary N) is 1. The summed E-state index contributed by atoms with van der Waals surface area (Å²) >= 11 is 0. The van der Waals surface area contributed by atoms with Crippen molar-refractivity contribution in [2.24, 2.45) is 7.05 Å². The maximum absolute atomic E-state index is 12.8. The third-order valence-corrected chi connectivity index (χ3v) is 5.09. The predicted molar refractivity (Wildman–Crippen MR) is 111 cm³/mol. The SMILES string of the molecule is Cc1nn(-c2ccccc2)nc1NC(=O)Cc1c(C)nc2c(c(C)nn2C)c1C. The number of rotatable bonds is 4. The van der Waals surface area contributed by atoms with Crippen LogP contribution < -0.4 is 5.32 Å². The van der Waals surface area contributed by atoms with Crippen LogP contribution in [0.3, 0.4) is 0 Å². The number of hydrogen-bond donors (Lipinski definition) is 1. The number of anilines is 1. The van der Waals surface area contributed by atoms with Gasteiger partial charge in [-0.3, -0.25) is 9.48 Å².